The highest BCUT2D eigenvalue weighted by molar-refractivity contribution is 5.95. The first-order valence-corrected chi connectivity index (χ1v) is 18.2. The number of β-amino-alcohol motifs (C(OH)–C–C–N with tert-alkyl or cyclic N) is 1. The summed E-state index contributed by atoms with van der Waals surface area (Å²) < 4.78 is 13.2. The summed E-state index contributed by atoms with van der Waals surface area (Å²) >= 11 is 0. The molecule has 262 valence electrons. The summed E-state index contributed by atoms with van der Waals surface area (Å²) in [4.78, 5) is 35.4. The van der Waals surface area contributed by atoms with Crippen LogP contribution in [-0.4, -0.2) is 75.7 Å². The van der Waals surface area contributed by atoms with Gasteiger partial charge < -0.3 is 24.4 Å². The largest absolute Gasteiger partial charge is 0.496 e. The number of carbonyl (C=O) groups excluding carboxylic acids is 2. The van der Waals surface area contributed by atoms with Crippen LogP contribution in [0, 0.1) is 18.3 Å². The maximum Gasteiger partial charge on any atom is 0.410 e. The van der Waals surface area contributed by atoms with Gasteiger partial charge in [0.2, 0.25) is 5.91 Å². The molecule has 1 aromatic carbocycles. The van der Waals surface area contributed by atoms with E-state index in [0.29, 0.717) is 45.3 Å². The van der Waals surface area contributed by atoms with Gasteiger partial charge in [-0.05, 0) is 125 Å². The number of aliphatic hydroxyl groups excluding tert-OH is 1. The van der Waals surface area contributed by atoms with Gasteiger partial charge in [-0.1, -0.05) is 12.1 Å². The second kappa shape index (κ2) is 13.4. The van der Waals surface area contributed by atoms with Crippen molar-refractivity contribution < 1.29 is 24.2 Å². The number of hydrogen-bond donors (Lipinski definition) is 1. The maximum atomic E-state index is 14.6. The van der Waals surface area contributed by atoms with Crippen molar-refractivity contribution in [1.29, 1.82) is 0 Å². The summed E-state index contributed by atoms with van der Waals surface area (Å²) in [7, 11) is 1.73. The van der Waals surface area contributed by atoms with Crippen LogP contribution < -0.4 is 9.64 Å². The summed E-state index contributed by atoms with van der Waals surface area (Å²) in [6.07, 6.45) is 14.0. The predicted octanol–water partition coefficient (Wildman–Crippen LogP) is 6.84. The van der Waals surface area contributed by atoms with E-state index in [1.807, 2.05) is 29.3 Å². The molecule has 4 aliphatic carbocycles. The van der Waals surface area contributed by atoms with Gasteiger partial charge in [0, 0.05) is 42.1 Å². The van der Waals surface area contributed by atoms with E-state index in [-0.39, 0.29) is 40.9 Å². The van der Waals surface area contributed by atoms with Crippen LogP contribution in [0.3, 0.4) is 0 Å². The number of aliphatic hydroxyl groups is 1. The SMILES string of the molecule is COc1ccc(C23CCC(CN(c4ccnc(-c5cnn(C(C)C)c5)c4)C(=O)[C@H]4CC[C@H](OC(=O)N5CC(O)C5)CC4)(CC2)CC3)cc1C. The minimum absolute atomic E-state index is 0.0689. The molecule has 49 heavy (non-hydrogen) atoms. The topological polar surface area (TPSA) is 110 Å². The number of aryl methyl sites for hydroxylation is 1. The zero-order valence-corrected chi connectivity index (χ0v) is 29.4. The first kappa shape index (κ1) is 33.6. The summed E-state index contributed by atoms with van der Waals surface area (Å²) in [5.74, 6) is 0.964. The molecule has 2 bridgehead atoms. The van der Waals surface area contributed by atoms with Crippen LogP contribution in [0.4, 0.5) is 10.5 Å². The molecule has 1 aliphatic heterocycles. The lowest BCUT2D eigenvalue weighted by atomic mass is 9.51. The predicted molar refractivity (Wildman–Crippen MR) is 188 cm³/mol. The highest BCUT2D eigenvalue weighted by atomic mass is 16.6. The molecule has 0 unspecified atom stereocenters. The van der Waals surface area contributed by atoms with Crippen molar-refractivity contribution in [3.05, 3.63) is 60.0 Å². The van der Waals surface area contributed by atoms with Crippen LogP contribution in [0.1, 0.15) is 95.2 Å². The standard InChI is InChI=1S/C39H51N5O5/c1-26(2)44-22-29(21-41-44)34-20-31(11-18-40-34)43(36(46)28-5-8-33(9-6-28)49-37(47)42-23-32(45)24-42)25-38-12-15-39(16-13-38,17-14-38)30-7-10-35(48-4)27(3)19-30/h7,10-11,18-22,26,28,32-33,45H,5-6,8-9,12-17,23-25H2,1-4H3/t28-,33-,38?,39?. The average Bonchev–Trinajstić information content (AvgIpc) is 3.61. The molecule has 8 rings (SSSR count). The lowest BCUT2D eigenvalue weighted by molar-refractivity contribution is -0.124. The summed E-state index contributed by atoms with van der Waals surface area (Å²) in [5.41, 5.74) is 5.51. The van der Waals surface area contributed by atoms with Gasteiger partial charge in [-0.3, -0.25) is 14.5 Å². The van der Waals surface area contributed by atoms with E-state index in [4.69, 9.17) is 14.5 Å². The van der Waals surface area contributed by atoms with Gasteiger partial charge >= 0.3 is 6.09 Å². The molecule has 2 amide bonds. The van der Waals surface area contributed by atoms with E-state index in [1.54, 1.807) is 7.11 Å². The van der Waals surface area contributed by atoms with Crippen LogP contribution in [0.15, 0.2) is 48.9 Å². The maximum absolute atomic E-state index is 14.6. The lowest BCUT2D eigenvalue weighted by Gasteiger charge is -2.55. The van der Waals surface area contributed by atoms with Crippen LogP contribution in [0.25, 0.3) is 11.3 Å². The Hall–Kier alpha value is -3.92. The van der Waals surface area contributed by atoms with Crippen molar-refractivity contribution >= 4 is 17.7 Å². The Morgan fingerprint density at radius 2 is 1.73 bits per heavy atom. The molecule has 1 N–H and O–H groups in total. The number of pyridine rings is 1. The van der Waals surface area contributed by atoms with Crippen LogP contribution in [-0.2, 0) is 14.9 Å². The molecular formula is C39H51N5O5. The number of ether oxygens (including phenoxy) is 2. The minimum atomic E-state index is -0.456. The normalized spacial score (nSPS) is 26.8. The van der Waals surface area contributed by atoms with Crippen LogP contribution in [0.2, 0.25) is 0 Å². The number of carbonyl (C=O) groups is 2. The van der Waals surface area contributed by atoms with E-state index in [0.717, 1.165) is 61.2 Å². The number of hydrogen-bond acceptors (Lipinski definition) is 7. The fourth-order valence-corrected chi connectivity index (χ4v) is 8.74. The van der Waals surface area contributed by atoms with E-state index in [1.165, 1.54) is 16.0 Å². The van der Waals surface area contributed by atoms with Crippen molar-refractivity contribution in [2.45, 2.75) is 109 Å². The van der Waals surface area contributed by atoms with Gasteiger partial charge in [0.15, 0.2) is 0 Å². The van der Waals surface area contributed by atoms with Gasteiger partial charge in [0.25, 0.3) is 0 Å². The number of nitrogens with zero attached hydrogens (tertiary/aromatic N) is 5. The molecule has 5 aliphatic rings. The van der Waals surface area contributed by atoms with Gasteiger partial charge in [-0.25, -0.2) is 4.79 Å². The zero-order valence-electron chi connectivity index (χ0n) is 29.4. The molecule has 10 nitrogen and oxygen atoms in total. The number of rotatable bonds is 9. The lowest BCUT2D eigenvalue weighted by Crippen LogP contribution is -2.54. The third-order valence-corrected chi connectivity index (χ3v) is 12.1. The average molecular weight is 670 g/mol. The van der Waals surface area contributed by atoms with Crippen molar-refractivity contribution in [3.8, 4) is 17.0 Å². The van der Waals surface area contributed by atoms with Gasteiger partial charge in [0.05, 0.1) is 38.2 Å². The Labute approximate surface area is 289 Å². The van der Waals surface area contributed by atoms with E-state index >= 15 is 0 Å². The molecule has 4 saturated carbocycles. The van der Waals surface area contributed by atoms with Crippen LogP contribution >= 0.6 is 0 Å². The molecule has 5 fully saturated rings. The smallest absolute Gasteiger partial charge is 0.410 e. The van der Waals surface area contributed by atoms with Crippen LogP contribution in [0.5, 0.6) is 5.75 Å². The van der Waals surface area contributed by atoms with Crippen molar-refractivity contribution in [3.63, 3.8) is 0 Å². The zero-order chi connectivity index (χ0) is 34.3. The van der Waals surface area contributed by atoms with Crippen molar-refractivity contribution in [2.75, 3.05) is 31.6 Å². The van der Waals surface area contributed by atoms with Crippen molar-refractivity contribution in [2.24, 2.45) is 11.3 Å². The molecule has 0 spiro atoms. The molecule has 0 atom stereocenters. The van der Waals surface area contributed by atoms with Crippen molar-refractivity contribution in [1.82, 2.24) is 19.7 Å². The summed E-state index contributed by atoms with van der Waals surface area (Å²) in [6.45, 7) is 7.69. The molecular weight excluding hydrogens is 618 g/mol. The van der Waals surface area contributed by atoms with E-state index in [9.17, 15) is 14.7 Å². The van der Waals surface area contributed by atoms with Gasteiger partial charge in [-0.2, -0.15) is 5.10 Å². The Morgan fingerprint density at radius 1 is 1.02 bits per heavy atom. The molecule has 1 saturated heterocycles. The van der Waals surface area contributed by atoms with Gasteiger partial charge in [-0.15, -0.1) is 0 Å². The molecule has 3 heterocycles. The third-order valence-electron chi connectivity index (χ3n) is 12.1. The second-order valence-corrected chi connectivity index (χ2v) is 15.5. The minimum Gasteiger partial charge on any atom is -0.496 e. The van der Waals surface area contributed by atoms with E-state index < -0.39 is 6.10 Å². The van der Waals surface area contributed by atoms with Gasteiger partial charge in [0.1, 0.15) is 11.9 Å². The number of aromatic nitrogens is 3. The number of amides is 2. The first-order chi connectivity index (χ1) is 23.6. The number of fused-ring (bicyclic) bond motifs is 3. The Balaban J connectivity index is 1.10. The Bertz CT molecular complexity index is 1650. The highest BCUT2D eigenvalue weighted by Gasteiger charge is 2.51. The fraction of sp³-hybridized carbons (Fsp3) is 0.590. The third kappa shape index (κ3) is 6.68. The summed E-state index contributed by atoms with van der Waals surface area (Å²) in [6, 6.07) is 11.0. The first-order valence-electron chi connectivity index (χ1n) is 18.2. The monoisotopic (exact) mass is 669 g/mol. The summed E-state index contributed by atoms with van der Waals surface area (Å²) in [5, 5.41) is 14.1. The number of likely N-dealkylation sites (tertiary alicyclic amines) is 1. The highest BCUT2D eigenvalue weighted by Crippen LogP contribution is 2.58. The Morgan fingerprint density at radius 3 is 2.35 bits per heavy atom. The molecule has 3 aromatic rings. The van der Waals surface area contributed by atoms with E-state index in [2.05, 4.69) is 55.0 Å². The molecule has 10 heteroatoms. The Kier molecular flexibility index (Phi) is 9.19. The molecule has 0 radical (unpaired) electrons. The quantitative estimate of drug-likeness (QED) is 0.266. The number of methoxy groups -OCH3 is 1. The fourth-order valence-electron chi connectivity index (χ4n) is 8.74. The molecule has 2 aromatic heterocycles. The second-order valence-electron chi connectivity index (χ2n) is 15.5. The number of anilines is 1. The number of benzene rings is 1.